The number of carbonyl (C=O) groups excluding carboxylic acids is 2. The van der Waals surface area contributed by atoms with Crippen molar-refractivity contribution in [1.82, 2.24) is 4.90 Å². The van der Waals surface area contributed by atoms with Crippen molar-refractivity contribution < 1.29 is 28.2 Å². The van der Waals surface area contributed by atoms with Crippen LogP contribution >= 0.6 is 0 Å². The van der Waals surface area contributed by atoms with Gasteiger partial charge in [0.25, 0.3) is 5.91 Å². The average Bonchev–Trinajstić information content (AvgIpc) is 3.18. The van der Waals surface area contributed by atoms with Crippen LogP contribution in [0.2, 0.25) is 0 Å². The van der Waals surface area contributed by atoms with Crippen LogP contribution in [0.3, 0.4) is 0 Å². The van der Waals surface area contributed by atoms with E-state index in [4.69, 9.17) is 13.9 Å². The maximum absolute atomic E-state index is 12.5. The van der Waals surface area contributed by atoms with Crippen LogP contribution in [0.15, 0.2) is 28.7 Å². The van der Waals surface area contributed by atoms with Gasteiger partial charge in [-0.15, -0.1) is 0 Å². The summed E-state index contributed by atoms with van der Waals surface area (Å²) in [6, 6.07) is 6.62. The van der Waals surface area contributed by atoms with Crippen molar-refractivity contribution in [2.45, 2.75) is 13.5 Å². The Morgan fingerprint density at radius 3 is 2.71 bits per heavy atom. The monoisotopic (exact) mass is 331 g/mol. The fourth-order valence-corrected chi connectivity index (χ4v) is 2.49. The summed E-state index contributed by atoms with van der Waals surface area (Å²) in [6.07, 6.45) is 0. The highest BCUT2D eigenvalue weighted by atomic mass is 16.7. The van der Waals surface area contributed by atoms with Crippen molar-refractivity contribution in [2.24, 2.45) is 0 Å². The molecule has 7 heteroatoms. The molecule has 7 nitrogen and oxygen atoms in total. The molecule has 0 spiro atoms. The van der Waals surface area contributed by atoms with Gasteiger partial charge in [-0.3, -0.25) is 4.79 Å². The summed E-state index contributed by atoms with van der Waals surface area (Å²) in [5.74, 6) is 1.48. The summed E-state index contributed by atoms with van der Waals surface area (Å²) in [7, 11) is 2.96. The molecule has 0 N–H and O–H groups in total. The van der Waals surface area contributed by atoms with Crippen LogP contribution in [0.5, 0.6) is 11.5 Å². The van der Waals surface area contributed by atoms with Crippen LogP contribution in [0.4, 0.5) is 0 Å². The highest BCUT2D eigenvalue weighted by Gasteiger charge is 2.21. The normalized spacial score (nSPS) is 12.1. The van der Waals surface area contributed by atoms with Gasteiger partial charge in [-0.25, -0.2) is 4.79 Å². The van der Waals surface area contributed by atoms with Crippen LogP contribution in [0, 0.1) is 6.92 Å². The lowest BCUT2D eigenvalue weighted by Crippen LogP contribution is -2.25. The number of fused-ring (bicyclic) bond motifs is 1. The number of furan rings is 1. The zero-order valence-corrected chi connectivity index (χ0v) is 13.6. The minimum absolute atomic E-state index is 0.158. The van der Waals surface area contributed by atoms with Gasteiger partial charge in [-0.2, -0.15) is 0 Å². The van der Waals surface area contributed by atoms with Gasteiger partial charge >= 0.3 is 5.97 Å². The Hall–Kier alpha value is -2.96. The summed E-state index contributed by atoms with van der Waals surface area (Å²) in [5, 5.41) is 0. The van der Waals surface area contributed by atoms with Crippen molar-refractivity contribution in [2.75, 3.05) is 21.0 Å². The Balaban J connectivity index is 1.74. The van der Waals surface area contributed by atoms with E-state index in [0.29, 0.717) is 34.1 Å². The van der Waals surface area contributed by atoms with E-state index in [-0.39, 0.29) is 19.2 Å². The van der Waals surface area contributed by atoms with E-state index >= 15 is 0 Å². The maximum Gasteiger partial charge on any atom is 0.341 e. The number of rotatable bonds is 4. The number of amides is 1. The first kappa shape index (κ1) is 15.9. The minimum Gasteiger partial charge on any atom is -0.465 e. The third-order valence-corrected chi connectivity index (χ3v) is 3.73. The van der Waals surface area contributed by atoms with Crippen LogP contribution < -0.4 is 9.47 Å². The molecule has 0 saturated carbocycles. The molecule has 1 aliphatic heterocycles. The lowest BCUT2D eigenvalue weighted by molar-refractivity contribution is 0.0598. The maximum atomic E-state index is 12.5. The predicted octanol–water partition coefficient (Wildman–Crippen LogP) is 2.38. The molecule has 0 radical (unpaired) electrons. The van der Waals surface area contributed by atoms with Gasteiger partial charge in [0.05, 0.1) is 13.7 Å². The molecule has 1 aromatic carbocycles. The van der Waals surface area contributed by atoms with Crippen LogP contribution in [0.25, 0.3) is 0 Å². The molecule has 1 aliphatic rings. The molecule has 0 bridgehead atoms. The third kappa shape index (κ3) is 2.92. The largest absolute Gasteiger partial charge is 0.465 e. The van der Waals surface area contributed by atoms with E-state index in [1.165, 1.54) is 12.0 Å². The van der Waals surface area contributed by atoms with Crippen LogP contribution in [-0.4, -0.2) is 37.7 Å². The molecule has 2 heterocycles. The molecule has 0 aliphatic carbocycles. The Kier molecular flexibility index (Phi) is 4.16. The Bertz CT molecular complexity index is 794. The topological polar surface area (TPSA) is 78.2 Å². The number of benzene rings is 1. The van der Waals surface area contributed by atoms with E-state index in [1.807, 2.05) is 0 Å². The van der Waals surface area contributed by atoms with Crippen LogP contribution in [0.1, 0.15) is 32.2 Å². The zero-order valence-electron chi connectivity index (χ0n) is 13.6. The fourth-order valence-electron chi connectivity index (χ4n) is 2.49. The molecule has 0 fully saturated rings. The molecule has 0 atom stereocenters. The molecular weight excluding hydrogens is 314 g/mol. The highest BCUT2D eigenvalue weighted by molar-refractivity contribution is 5.95. The first-order valence-electron chi connectivity index (χ1n) is 7.32. The van der Waals surface area contributed by atoms with E-state index < -0.39 is 5.97 Å². The van der Waals surface area contributed by atoms with Gasteiger partial charge in [0, 0.05) is 12.6 Å². The summed E-state index contributed by atoms with van der Waals surface area (Å²) in [5.41, 5.74) is 0.842. The molecule has 126 valence electrons. The first-order valence-corrected chi connectivity index (χ1v) is 7.32. The standard InChI is InChI=1S/C17H17NO6/c1-10-13(17(20)21-3)7-12(24-10)8-18(2)16(19)11-4-5-14-15(6-11)23-9-22-14/h4-7H,8-9H2,1-3H3. The molecule has 24 heavy (non-hydrogen) atoms. The second-order valence-electron chi connectivity index (χ2n) is 5.40. The van der Waals surface area contributed by atoms with Gasteiger partial charge in [0.15, 0.2) is 11.5 Å². The second-order valence-corrected chi connectivity index (χ2v) is 5.40. The molecule has 0 saturated heterocycles. The lowest BCUT2D eigenvalue weighted by Gasteiger charge is -2.16. The third-order valence-electron chi connectivity index (χ3n) is 3.73. The summed E-state index contributed by atoms with van der Waals surface area (Å²) in [4.78, 5) is 25.6. The second kappa shape index (κ2) is 6.27. The number of methoxy groups -OCH3 is 1. The van der Waals surface area contributed by atoms with Crippen LogP contribution in [-0.2, 0) is 11.3 Å². The number of esters is 1. The highest BCUT2D eigenvalue weighted by Crippen LogP contribution is 2.32. The van der Waals surface area contributed by atoms with Crippen molar-refractivity contribution >= 4 is 11.9 Å². The SMILES string of the molecule is COC(=O)c1cc(CN(C)C(=O)c2ccc3c(c2)OCO3)oc1C. The van der Waals surface area contributed by atoms with Crippen molar-refractivity contribution in [3.63, 3.8) is 0 Å². The Morgan fingerprint density at radius 2 is 1.96 bits per heavy atom. The van der Waals surface area contributed by atoms with E-state index in [1.54, 1.807) is 38.2 Å². The number of carbonyl (C=O) groups is 2. The number of aryl methyl sites for hydroxylation is 1. The molecule has 3 rings (SSSR count). The van der Waals surface area contributed by atoms with E-state index in [2.05, 4.69) is 4.74 Å². The van der Waals surface area contributed by atoms with Crippen molar-refractivity contribution in [1.29, 1.82) is 0 Å². The molecular formula is C17H17NO6. The minimum atomic E-state index is -0.466. The summed E-state index contributed by atoms with van der Waals surface area (Å²) in [6.45, 7) is 2.06. The van der Waals surface area contributed by atoms with Gasteiger partial charge in [-0.1, -0.05) is 0 Å². The summed E-state index contributed by atoms with van der Waals surface area (Å²) >= 11 is 0. The molecule has 1 amide bonds. The van der Waals surface area contributed by atoms with E-state index in [9.17, 15) is 9.59 Å². The van der Waals surface area contributed by atoms with Gasteiger partial charge in [0.2, 0.25) is 6.79 Å². The smallest absolute Gasteiger partial charge is 0.341 e. The number of hydrogen-bond donors (Lipinski definition) is 0. The van der Waals surface area contributed by atoms with E-state index in [0.717, 1.165) is 0 Å². The first-order chi connectivity index (χ1) is 11.5. The number of ether oxygens (including phenoxy) is 3. The predicted molar refractivity (Wildman–Crippen MR) is 83.1 cm³/mol. The average molecular weight is 331 g/mol. The molecule has 1 aromatic heterocycles. The summed E-state index contributed by atoms with van der Waals surface area (Å²) < 4.78 is 20.7. The quantitative estimate of drug-likeness (QED) is 0.801. The Morgan fingerprint density at radius 1 is 1.21 bits per heavy atom. The van der Waals surface area contributed by atoms with Crippen molar-refractivity contribution in [3.8, 4) is 11.5 Å². The number of hydrogen-bond acceptors (Lipinski definition) is 6. The Labute approximate surface area is 138 Å². The molecule has 0 unspecified atom stereocenters. The van der Waals surface area contributed by atoms with Gasteiger partial charge in [0.1, 0.15) is 17.1 Å². The zero-order chi connectivity index (χ0) is 17.3. The number of nitrogens with zero attached hydrogens (tertiary/aromatic N) is 1. The lowest BCUT2D eigenvalue weighted by atomic mass is 10.1. The van der Waals surface area contributed by atoms with Gasteiger partial charge in [-0.05, 0) is 31.2 Å². The van der Waals surface area contributed by atoms with Crippen molar-refractivity contribution in [3.05, 3.63) is 46.9 Å². The van der Waals surface area contributed by atoms with Gasteiger partial charge < -0.3 is 23.5 Å². The fraction of sp³-hybridized carbons (Fsp3) is 0.294. The molecule has 2 aromatic rings.